The summed E-state index contributed by atoms with van der Waals surface area (Å²) in [7, 11) is 2.95. The van der Waals surface area contributed by atoms with Crippen molar-refractivity contribution in [2.45, 2.75) is 50.5 Å². The summed E-state index contributed by atoms with van der Waals surface area (Å²) < 4.78 is 15.4. The molecular weight excluding hydrogens is 210 g/mol. The van der Waals surface area contributed by atoms with Crippen LogP contribution in [0.4, 0.5) is 0 Å². The number of rotatable bonds is 4. The van der Waals surface area contributed by atoms with Gasteiger partial charge in [0.15, 0.2) is 6.29 Å². The Morgan fingerprint density at radius 1 is 1.50 bits per heavy atom. The first-order valence-corrected chi connectivity index (χ1v) is 5.57. The maximum Gasteiger partial charge on any atom is 0.325 e. The Balaban J connectivity index is 2.55. The number of carbonyl (C=O) groups is 1. The normalized spacial score (nSPS) is 32.1. The molecule has 1 saturated carbocycles. The Kier molecular flexibility index (Phi) is 4.70. The minimum absolute atomic E-state index is 0.0344. The zero-order valence-corrected chi connectivity index (χ0v) is 10.2. The Morgan fingerprint density at radius 2 is 2.19 bits per heavy atom. The van der Waals surface area contributed by atoms with Crippen molar-refractivity contribution >= 4 is 5.97 Å². The highest BCUT2D eigenvalue weighted by Gasteiger charge is 2.41. The van der Waals surface area contributed by atoms with Crippen molar-refractivity contribution in [3.8, 4) is 0 Å². The molecule has 0 aromatic carbocycles. The van der Waals surface area contributed by atoms with Crippen LogP contribution in [0.3, 0.4) is 0 Å². The van der Waals surface area contributed by atoms with Crippen LogP contribution < -0.4 is 5.73 Å². The highest BCUT2D eigenvalue weighted by molar-refractivity contribution is 5.80. The van der Waals surface area contributed by atoms with Crippen LogP contribution in [0.5, 0.6) is 0 Å². The molecule has 94 valence electrons. The van der Waals surface area contributed by atoms with E-state index in [4.69, 9.17) is 19.9 Å². The van der Waals surface area contributed by atoms with Gasteiger partial charge >= 0.3 is 5.97 Å². The molecule has 1 aliphatic rings. The van der Waals surface area contributed by atoms with Crippen LogP contribution in [-0.4, -0.2) is 38.1 Å². The molecule has 0 aliphatic heterocycles. The van der Waals surface area contributed by atoms with E-state index in [1.54, 1.807) is 7.11 Å². The number of hydrogen-bond acceptors (Lipinski definition) is 5. The average Bonchev–Trinajstić information content (AvgIpc) is 2.27. The standard InChI is InChI=1S/C11H21NO4/c1-8(14-2)16-9-5-4-6-11(12,7-9)10(13)15-3/h8-9H,4-7,12H2,1-3H3/t8?,9-,11+/m1/s1. The first-order chi connectivity index (χ1) is 7.51. The van der Waals surface area contributed by atoms with Crippen molar-refractivity contribution in [1.29, 1.82) is 0 Å². The second-order valence-electron chi connectivity index (χ2n) is 4.31. The van der Waals surface area contributed by atoms with Crippen LogP contribution >= 0.6 is 0 Å². The summed E-state index contributed by atoms with van der Waals surface area (Å²) in [4.78, 5) is 11.6. The molecule has 0 radical (unpaired) electrons. The van der Waals surface area contributed by atoms with E-state index in [1.165, 1.54) is 7.11 Å². The van der Waals surface area contributed by atoms with Gasteiger partial charge in [0.05, 0.1) is 13.2 Å². The van der Waals surface area contributed by atoms with Gasteiger partial charge in [0.25, 0.3) is 0 Å². The summed E-state index contributed by atoms with van der Waals surface area (Å²) in [6.45, 7) is 1.82. The van der Waals surface area contributed by atoms with E-state index in [9.17, 15) is 4.79 Å². The molecule has 0 spiro atoms. The minimum atomic E-state index is -0.898. The van der Waals surface area contributed by atoms with E-state index in [1.807, 2.05) is 6.92 Å². The third kappa shape index (κ3) is 3.17. The molecule has 0 amide bonds. The smallest absolute Gasteiger partial charge is 0.325 e. The molecule has 16 heavy (non-hydrogen) atoms. The van der Waals surface area contributed by atoms with Crippen LogP contribution in [0.15, 0.2) is 0 Å². The predicted molar refractivity (Wildman–Crippen MR) is 58.7 cm³/mol. The van der Waals surface area contributed by atoms with Gasteiger partial charge in [-0.1, -0.05) is 0 Å². The lowest BCUT2D eigenvalue weighted by atomic mass is 9.81. The van der Waals surface area contributed by atoms with Crippen LogP contribution in [0.25, 0.3) is 0 Å². The molecule has 3 atom stereocenters. The van der Waals surface area contributed by atoms with E-state index < -0.39 is 5.54 Å². The van der Waals surface area contributed by atoms with E-state index in [0.29, 0.717) is 12.8 Å². The zero-order valence-electron chi connectivity index (χ0n) is 10.2. The van der Waals surface area contributed by atoms with Gasteiger partial charge in [-0.25, -0.2) is 0 Å². The maximum absolute atomic E-state index is 11.6. The summed E-state index contributed by atoms with van der Waals surface area (Å²) >= 11 is 0. The number of ether oxygens (including phenoxy) is 3. The second-order valence-corrected chi connectivity index (χ2v) is 4.31. The third-order valence-electron chi connectivity index (χ3n) is 3.05. The summed E-state index contributed by atoms with van der Waals surface area (Å²) in [5, 5.41) is 0. The molecule has 1 aliphatic carbocycles. The van der Waals surface area contributed by atoms with E-state index in [-0.39, 0.29) is 18.4 Å². The first-order valence-electron chi connectivity index (χ1n) is 5.57. The van der Waals surface area contributed by atoms with E-state index >= 15 is 0 Å². The molecule has 1 rings (SSSR count). The van der Waals surface area contributed by atoms with Gasteiger partial charge in [0.1, 0.15) is 5.54 Å². The molecule has 5 nitrogen and oxygen atoms in total. The average molecular weight is 231 g/mol. The second kappa shape index (κ2) is 5.61. The summed E-state index contributed by atoms with van der Waals surface area (Å²) in [5.74, 6) is -0.356. The molecule has 0 heterocycles. The fourth-order valence-corrected chi connectivity index (χ4v) is 2.09. The third-order valence-corrected chi connectivity index (χ3v) is 3.05. The Hall–Kier alpha value is -0.650. The summed E-state index contributed by atoms with van der Waals surface area (Å²) in [5.41, 5.74) is 5.13. The fraction of sp³-hybridized carbons (Fsp3) is 0.909. The van der Waals surface area contributed by atoms with Gasteiger partial charge in [-0.2, -0.15) is 0 Å². The minimum Gasteiger partial charge on any atom is -0.468 e. The summed E-state index contributed by atoms with van der Waals surface area (Å²) in [6, 6.07) is 0. The van der Waals surface area contributed by atoms with Crippen molar-refractivity contribution in [2.75, 3.05) is 14.2 Å². The Morgan fingerprint density at radius 3 is 2.75 bits per heavy atom. The van der Waals surface area contributed by atoms with Crippen molar-refractivity contribution in [3.05, 3.63) is 0 Å². The van der Waals surface area contributed by atoms with Gasteiger partial charge < -0.3 is 19.9 Å². The predicted octanol–water partition coefficient (Wildman–Crippen LogP) is 0.808. The highest BCUT2D eigenvalue weighted by Crippen LogP contribution is 2.29. The Bertz CT molecular complexity index is 246. The topological polar surface area (TPSA) is 70.8 Å². The summed E-state index contributed by atoms with van der Waals surface area (Å²) in [6.07, 6.45) is 2.61. The molecule has 0 bridgehead atoms. The van der Waals surface area contributed by atoms with Gasteiger partial charge in [-0.15, -0.1) is 0 Å². The van der Waals surface area contributed by atoms with E-state index in [0.717, 1.165) is 12.8 Å². The van der Waals surface area contributed by atoms with Crippen molar-refractivity contribution in [2.24, 2.45) is 5.73 Å². The number of methoxy groups -OCH3 is 2. The van der Waals surface area contributed by atoms with Crippen LogP contribution in [0.2, 0.25) is 0 Å². The van der Waals surface area contributed by atoms with Gasteiger partial charge in [-0.3, -0.25) is 4.79 Å². The number of carbonyl (C=O) groups excluding carboxylic acids is 1. The molecule has 2 N–H and O–H groups in total. The largest absolute Gasteiger partial charge is 0.468 e. The molecule has 5 heteroatoms. The van der Waals surface area contributed by atoms with Gasteiger partial charge in [-0.05, 0) is 26.2 Å². The van der Waals surface area contributed by atoms with Crippen molar-refractivity contribution in [3.63, 3.8) is 0 Å². The molecular formula is C11H21NO4. The molecule has 0 aromatic heterocycles. The van der Waals surface area contributed by atoms with Gasteiger partial charge in [0.2, 0.25) is 0 Å². The molecule has 0 aromatic rings. The van der Waals surface area contributed by atoms with Gasteiger partial charge in [0, 0.05) is 13.5 Å². The van der Waals surface area contributed by atoms with E-state index in [2.05, 4.69) is 0 Å². The quantitative estimate of drug-likeness (QED) is 0.572. The number of hydrogen-bond donors (Lipinski definition) is 1. The van der Waals surface area contributed by atoms with Crippen LogP contribution in [0.1, 0.15) is 32.6 Å². The van der Waals surface area contributed by atoms with Crippen LogP contribution in [0, 0.1) is 0 Å². The molecule has 1 unspecified atom stereocenters. The lowest BCUT2D eigenvalue weighted by Gasteiger charge is -2.36. The number of nitrogens with two attached hydrogens (primary N) is 1. The monoisotopic (exact) mass is 231 g/mol. The Labute approximate surface area is 96.2 Å². The first kappa shape index (κ1) is 13.4. The lowest BCUT2D eigenvalue weighted by molar-refractivity contribution is -0.167. The number of esters is 1. The molecule has 0 saturated heterocycles. The van der Waals surface area contributed by atoms with Crippen LogP contribution in [-0.2, 0) is 19.0 Å². The maximum atomic E-state index is 11.6. The lowest BCUT2D eigenvalue weighted by Crippen LogP contribution is -2.53. The fourth-order valence-electron chi connectivity index (χ4n) is 2.09. The SMILES string of the molecule is COC(=O)[C@]1(N)CCC[C@@H](OC(C)OC)C1. The zero-order chi connectivity index (χ0) is 12.2. The van der Waals surface area contributed by atoms with Crippen molar-refractivity contribution in [1.82, 2.24) is 0 Å². The molecule has 1 fully saturated rings. The van der Waals surface area contributed by atoms with Crippen molar-refractivity contribution < 1.29 is 19.0 Å². The highest BCUT2D eigenvalue weighted by atomic mass is 16.7.